The maximum absolute atomic E-state index is 12.2. The molecule has 2 nitrogen and oxygen atoms in total. The average molecular weight is 302 g/mol. The van der Waals surface area contributed by atoms with Gasteiger partial charge in [-0.15, -0.1) is 0 Å². The summed E-state index contributed by atoms with van der Waals surface area (Å²) in [6.45, 7) is 5.04. The van der Waals surface area contributed by atoms with Gasteiger partial charge in [0.05, 0.1) is 5.41 Å². The smallest absolute Gasteiger partial charge is 0.309 e. The van der Waals surface area contributed by atoms with E-state index in [4.69, 9.17) is 0 Å². The van der Waals surface area contributed by atoms with Crippen molar-refractivity contribution in [2.45, 2.75) is 78.1 Å². The molecule has 0 aromatic carbocycles. The summed E-state index contributed by atoms with van der Waals surface area (Å²) in [4.78, 5) is 12.2. The van der Waals surface area contributed by atoms with E-state index in [9.17, 15) is 9.90 Å². The minimum Gasteiger partial charge on any atom is -0.481 e. The first kappa shape index (κ1) is 13.9. The summed E-state index contributed by atoms with van der Waals surface area (Å²) in [5, 5.41) is 10.0. The quantitative estimate of drug-likeness (QED) is 0.790. The van der Waals surface area contributed by atoms with Gasteiger partial charge < -0.3 is 5.11 Å². The van der Waals surface area contributed by atoms with E-state index < -0.39 is 5.97 Å². The Bertz CT molecular complexity index is 530. The molecule has 4 atom stereocenters. The van der Waals surface area contributed by atoms with Crippen LogP contribution >= 0.6 is 0 Å². The second kappa shape index (κ2) is 3.75. The average Bonchev–Trinajstić information content (AvgIpc) is 2.45. The van der Waals surface area contributed by atoms with Gasteiger partial charge in [0.2, 0.25) is 0 Å². The Balaban J connectivity index is 1.61. The van der Waals surface area contributed by atoms with E-state index in [1.54, 1.807) is 0 Å². The van der Waals surface area contributed by atoms with Gasteiger partial charge in [0, 0.05) is 0 Å². The molecule has 7 aliphatic rings. The van der Waals surface area contributed by atoms with Crippen molar-refractivity contribution in [1.29, 1.82) is 0 Å². The lowest BCUT2D eigenvalue weighted by molar-refractivity contribution is -0.288. The highest BCUT2D eigenvalue weighted by Gasteiger charge is 2.74. The van der Waals surface area contributed by atoms with Gasteiger partial charge in [-0.05, 0) is 91.8 Å². The molecule has 7 rings (SSSR count). The van der Waals surface area contributed by atoms with Crippen LogP contribution in [0.5, 0.6) is 0 Å². The third kappa shape index (κ3) is 1.30. The fraction of sp³-hybridized carbons (Fsp3) is 0.950. The molecule has 0 spiro atoms. The van der Waals surface area contributed by atoms with E-state index >= 15 is 0 Å². The Morgan fingerprint density at radius 1 is 1.05 bits per heavy atom. The Morgan fingerprint density at radius 2 is 1.73 bits per heavy atom. The number of carboxylic acids is 1. The molecule has 0 aliphatic heterocycles. The highest BCUT2D eigenvalue weighted by Crippen LogP contribution is 2.81. The first-order valence-corrected chi connectivity index (χ1v) is 9.56. The molecular formula is C20H30O2. The standard InChI is InChI=1S/C20H30O2/c1-17(2)15-4-3-5-20(17,11-15)19-9-13-6-14(10-19)8-18(7-13,12-19)16(21)22/h13-15H,3-12H2,1-2H3,(H,21,22). The van der Waals surface area contributed by atoms with Crippen molar-refractivity contribution < 1.29 is 9.90 Å². The predicted molar refractivity (Wildman–Crippen MR) is 85.4 cm³/mol. The molecule has 0 radical (unpaired) electrons. The summed E-state index contributed by atoms with van der Waals surface area (Å²) in [5.74, 6) is 1.87. The van der Waals surface area contributed by atoms with Crippen LogP contribution in [0.25, 0.3) is 0 Å². The number of carbonyl (C=O) groups is 1. The van der Waals surface area contributed by atoms with E-state index in [0.29, 0.717) is 28.1 Å². The Hall–Kier alpha value is -0.530. The molecule has 0 aromatic rings. The minimum atomic E-state index is -0.466. The second-order valence-electron chi connectivity index (χ2n) is 10.4. The molecule has 1 N–H and O–H groups in total. The van der Waals surface area contributed by atoms with Gasteiger partial charge >= 0.3 is 5.97 Å². The fourth-order valence-electron chi connectivity index (χ4n) is 8.97. The van der Waals surface area contributed by atoms with Gasteiger partial charge in [0.25, 0.3) is 0 Å². The van der Waals surface area contributed by atoms with Crippen LogP contribution in [0.3, 0.4) is 0 Å². The van der Waals surface area contributed by atoms with E-state index in [2.05, 4.69) is 13.8 Å². The van der Waals surface area contributed by atoms with Crippen LogP contribution in [0.1, 0.15) is 78.1 Å². The molecule has 2 heteroatoms. The van der Waals surface area contributed by atoms with E-state index in [1.165, 1.54) is 44.9 Å². The van der Waals surface area contributed by atoms with Crippen molar-refractivity contribution >= 4 is 5.97 Å². The monoisotopic (exact) mass is 302 g/mol. The zero-order chi connectivity index (χ0) is 15.4. The lowest BCUT2D eigenvalue weighted by Gasteiger charge is -2.77. The number of rotatable bonds is 2. The minimum absolute atomic E-state index is 0.350. The fourth-order valence-corrected chi connectivity index (χ4v) is 8.97. The predicted octanol–water partition coefficient (Wildman–Crippen LogP) is 4.87. The highest BCUT2D eigenvalue weighted by molar-refractivity contribution is 5.75. The maximum Gasteiger partial charge on any atom is 0.309 e. The number of hydrogen-bond donors (Lipinski definition) is 1. The summed E-state index contributed by atoms with van der Waals surface area (Å²) in [5.41, 5.74) is 0.950. The third-order valence-corrected chi connectivity index (χ3v) is 9.53. The number of hydrogen-bond acceptors (Lipinski definition) is 1. The van der Waals surface area contributed by atoms with Gasteiger partial charge in [-0.1, -0.05) is 20.3 Å². The number of carboxylic acid groups (broad SMARTS) is 1. The van der Waals surface area contributed by atoms with Crippen LogP contribution < -0.4 is 0 Å². The highest BCUT2D eigenvalue weighted by atomic mass is 16.4. The van der Waals surface area contributed by atoms with E-state index in [-0.39, 0.29) is 5.41 Å². The molecule has 7 fully saturated rings. The van der Waals surface area contributed by atoms with Crippen LogP contribution in [0.4, 0.5) is 0 Å². The lowest BCUT2D eigenvalue weighted by Crippen LogP contribution is -2.70. The molecule has 122 valence electrons. The largest absolute Gasteiger partial charge is 0.481 e. The normalized spacial score (nSPS) is 57.5. The van der Waals surface area contributed by atoms with Gasteiger partial charge in [-0.3, -0.25) is 4.79 Å². The molecule has 0 saturated heterocycles. The van der Waals surface area contributed by atoms with Gasteiger partial charge in [-0.2, -0.15) is 0 Å². The maximum atomic E-state index is 12.2. The summed E-state index contributed by atoms with van der Waals surface area (Å²) in [6.07, 6.45) is 12.6. The van der Waals surface area contributed by atoms with Gasteiger partial charge in [-0.25, -0.2) is 0 Å². The molecule has 6 bridgehead atoms. The van der Waals surface area contributed by atoms with Crippen LogP contribution in [0, 0.1) is 39.4 Å². The SMILES string of the molecule is CC1(C)C2CCCC1(C13CC4CC(CC(C(=O)O)(C4)C1)C3)C2. The molecule has 7 saturated carbocycles. The molecule has 22 heavy (non-hydrogen) atoms. The van der Waals surface area contributed by atoms with Crippen molar-refractivity contribution in [3.63, 3.8) is 0 Å². The first-order valence-electron chi connectivity index (χ1n) is 9.56. The van der Waals surface area contributed by atoms with Crippen LogP contribution in [-0.2, 0) is 4.79 Å². The van der Waals surface area contributed by atoms with Crippen molar-refractivity contribution in [2.24, 2.45) is 39.4 Å². The van der Waals surface area contributed by atoms with Gasteiger partial charge in [0.15, 0.2) is 0 Å². The second-order valence-corrected chi connectivity index (χ2v) is 10.4. The summed E-state index contributed by atoms with van der Waals surface area (Å²) in [7, 11) is 0. The summed E-state index contributed by atoms with van der Waals surface area (Å²) >= 11 is 0. The zero-order valence-corrected chi connectivity index (χ0v) is 14.2. The van der Waals surface area contributed by atoms with E-state index in [0.717, 1.165) is 25.2 Å². The first-order chi connectivity index (χ1) is 10.3. The Kier molecular flexibility index (Phi) is 2.37. The van der Waals surface area contributed by atoms with Crippen molar-refractivity contribution in [1.82, 2.24) is 0 Å². The Labute approximate surface area is 134 Å². The van der Waals surface area contributed by atoms with Crippen LogP contribution in [0.2, 0.25) is 0 Å². The summed E-state index contributed by atoms with van der Waals surface area (Å²) < 4.78 is 0. The number of fused-ring (bicyclic) bond motifs is 2. The molecule has 0 aromatic heterocycles. The van der Waals surface area contributed by atoms with E-state index in [1.807, 2.05) is 0 Å². The molecule has 0 amide bonds. The van der Waals surface area contributed by atoms with Crippen molar-refractivity contribution in [2.75, 3.05) is 0 Å². The third-order valence-electron chi connectivity index (χ3n) is 9.53. The molecule has 7 aliphatic carbocycles. The lowest BCUT2D eigenvalue weighted by atomic mass is 9.26. The van der Waals surface area contributed by atoms with Crippen LogP contribution in [0.15, 0.2) is 0 Å². The van der Waals surface area contributed by atoms with Crippen molar-refractivity contribution in [3.05, 3.63) is 0 Å². The zero-order valence-electron chi connectivity index (χ0n) is 14.2. The van der Waals surface area contributed by atoms with Gasteiger partial charge in [0.1, 0.15) is 0 Å². The Morgan fingerprint density at radius 3 is 2.27 bits per heavy atom. The molecule has 4 unspecified atom stereocenters. The topological polar surface area (TPSA) is 37.3 Å². The van der Waals surface area contributed by atoms with Crippen LogP contribution in [-0.4, -0.2) is 11.1 Å². The molecule has 0 heterocycles. The van der Waals surface area contributed by atoms with Crippen molar-refractivity contribution in [3.8, 4) is 0 Å². The number of aliphatic carboxylic acids is 1. The summed E-state index contributed by atoms with van der Waals surface area (Å²) in [6, 6.07) is 0. The molecular weight excluding hydrogens is 272 g/mol.